The second-order valence-corrected chi connectivity index (χ2v) is 4.47. The summed E-state index contributed by atoms with van der Waals surface area (Å²) in [6, 6.07) is 0. The second kappa shape index (κ2) is 8.57. The maximum absolute atomic E-state index is 11.4. The average molecular weight is 228 g/mol. The van der Waals surface area contributed by atoms with Crippen LogP contribution in [0.5, 0.6) is 0 Å². The zero-order chi connectivity index (χ0) is 11.6. The van der Waals surface area contributed by atoms with Crippen LogP contribution in [0.1, 0.15) is 58.3 Å². The van der Waals surface area contributed by atoms with Gasteiger partial charge in [-0.05, 0) is 19.3 Å². The fraction of sp³-hybridized carbons (Fsp3) is 0.923. The summed E-state index contributed by atoms with van der Waals surface area (Å²) in [5.41, 5.74) is 0. The molecule has 0 spiro atoms. The number of hydrogen-bond donors (Lipinski definition) is 0. The van der Waals surface area contributed by atoms with Gasteiger partial charge in [-0.25, -0.2) is 0 Å². The zero-order valence-electron chi connectivity index (χ0n) is 10.4. The van der Waals surface area contributed by atoms with E-state index in [1.807, 2.05) is 0 Å². The van der Waals surface area contributed by atoms with Gasteiger partial charge in [-0.2, -0.15) is 0 Å². The molecule has 0 saturated carbocycles. The molecule has 1 unspecified atom stereocenters. The first-order valence-electron chi connectivity index (χ1n) is 6.60. The lowest BCUT2D eigenvalue weighted by atomic mass is 10.1. The average Bonchev–Trinajstić information content (AvgIpc) is 2.76. The van der Waals surface area contributed by atoms with E-state index in [0.29, 0.717) is 13.0 Å². The summed E-state index contributed by atoms with van der Waals surface area (Å²) < 4.78 is 10.5. The molecular weight excluding hydrogens is 204 g/mol. The van der Waals surface area contributed by atoms with Gasteiger partial charge in [-0.1, -0.05) is 32.6 Å². The van der Waals surface area contributed by atoms with Crippen LogP contribution in [0.4, 0.5) is 0 Å². The third kappa shape index (κ3) is 6.11. The van der Waals surface area contributed by atoms with Crippen LogP contribution in [0, 0.1) is 0 Å². The van der Waals surface area contributed by atoms with Gasteiger partial charge < -0.3 is 9.47 Å². The Morgan fingerprint density at radius 1 is 1.31 bits per heavy atom. The molecule has 94 valence electrons. The van der Waals surface area contributed by atoms with Gasteiger partial charge >= 0.3 is 5.97 Å². The number of carbonyl (C=O) groups is 1. The lowest BCUT2D eigenvalue weighted by molar-refractivity contribution is -0.146. The molecule has 1 saturated heterocycles. The van der Waals surface area contributed by atoms with Crippen LogP contribution in [0.15, 0.2) is 0 Å². The largest absolute Gasteiger partial charge is 0.466 e. The predicted molar refractivity (Wildman–Crippen MR) is 63.3 cm³/mol. The summed E-state index contributed by atoms with van der Waals surface area (Å²) >= 11 is 0. The Labute approximate surface area is 98.5 Å². The molecule has 1 rings (SSSR count). The Bertz CT molecular complexity index is 186. The Hall–Kier alpha value is -0.570. The molecule has 3 heteroatoms. The van der Waals surface area contributed by atoms with E-state index in [1.165, 1.54) is 25.7 Å². The normalized spacial score (nSPS) is 19.9. The van der Waals surface area contributed by atoms with Crippen LogP contribution in [-0.2, 0) is 14.3 Å². The van der Waals surface area contributed by atoms with Crippen molar-refractivity contribution in [2.45, 2.75) is 64.4 Å². The quantitative estimate of drug-likeness (QED) is 0.473. The molecule has 1 aliphatic heterocycles. The van der Waals surface area contributed by atoms with Crippen molar-refractivity contribution in [3.63, 3.8) is 0 Å². The van der Waals surface area contributed by atoms with Crippen molar-refractivity contribution in [2.24, 2.45) is 0 Å². The number of unbranched alkanes of at least 4 members (excludes halogenated alkanes) is 4. The van der Waals surface area contributed by atoms with Crippen LogP contribution >= 0.6 is 0 Å². The van der Waals surface area contributed by atoms with E-state index in [-0.39, 0.29) is 12.1 Å². The molecule has 0 N–H and O–H groups in total. The molecule has 0 radical (unpaired) electrons. The molecule has 1 aliphatic rings. The minimum atomic E-state index is -0.0950. The van der Waals surface area contributed by atoms with Crippen molar-refractivity contribution in [2.75, 3.05) is 13.2 Å². The number of hydrogen-bond acceptors (Lipinski definition) is 3. The molecular formula is C13H24O3. The van der Waals surface area contributed by atoms with Crippen LogP contribution in [-0.4, -0.2) is 25.3 Å². The van der Waals surface area contributed by atoms with E-state index in [4.69, 9.17) is 9.47 Å². The van der Waals surface area contributed by atoms with Crippen molar-refractivity contribution in [3.05, 3.63) is 0 Å². The number of ether oxygens (including phenoxy) is 2. The van der Waals surface area contributed by atoms with Crippen LogP contribution in [0.2, 0.25) is 0 Å². The van der Waals surface area contributed by atoms with E-state index < -0.39 is 0 Å². The Morgan fingerprint density at radius 3 is 2.81 bits per heavy atom. The first-order chi connectivity index (χ1) is 7.83. The van der Waals surface area contributed by atoms with E-state index in [1.54, 1.807) is 0 Å². The molecule has 0 aromatic rings. The summed E-state index contributed by atoms with van der Waals surface area (Å²) in [5, 5.41) is 0. The fourth-order valence-corrected chi connectivity index (χ4v) is 1.94. The SMILES string of the molecule is CCCCCCCOC(=O)CC1CCCO1. The standard InChI is InChI=1S/C13H24O3/c1-2-3-4-5-6-9-16-13(14)11-12-8-7-10-15-12/h12H,2-11H2,1H3. The predicted octanol–water partition coefficient (Wildman–Crippen LogP) is 3.07. The lowest BCUT2D eigenvalue weighted by Crippen LogP contribution is -2.15. The summed E-state index contributed by atoms with van der Waals surface area (Å²) in [7, 11) is 0. The molecule has 3 nitrogen and oxygen atoms in total. The van der Waals surface area contributed by atoms with Gasteiger partial charge in [-0.15, -0.1) is 0 Å². The van der Waals surface area contributed by atoms with Crippen molar-refractivity contribution in [1.29, 1.82) is 0 Å². The summed E-state index contributed by atoms with van der Waals surface area (Å²) in [6.07, 6.45) is 8.59. The molecule has 0 aromatic heterocycles. The van der Waals surface area contributed by atoms with Crippen LogP contribution in [0.25, 0.3) is 0 Å². The van der Waals surface area contributed by atoms with Gasteiger partial charge in [0.15, 0.2) is 0 Å². The van der Waals surface area contributed by atoms with Crippen LogP contribution in [0.3, 0.4) is 0 Å². The van der Waals surface area contributed by atoms with E-state index in [9.17, 15) is 4.79 Å². The zero-order valence-corrected chi connectivity index (χ0v) is 10.4. The van der Waals surface area contributed by atoms with Gasteiger partial charge in [0.05, 0.1) is 19.1 Å². The van der Waals surface area contributed by atoms with Gasteiger partial charge in [0.1, 0.15) is 0 Å². The molecule has 16 heavy (non-hydrogen) atoms. The summed E-state index contributed by atoms with van der Waals surface area (Å²) in [5.74, 6) is -0.0950. The Morgan fingerprint density at radius 2 is 2.12 bits per heavy atom. The first kappa shape index (κ1) is 13.5. The number of carbonyl (C=O) groups excluding carboxylic acids is 1. The van der Waals surface area contributed by atoms with E-state index in [0.717, 1.165) is 25.9 Å². The topological polar surface area (TPSA) is 35.5 Å². The number of esters is 1. The highest BCUT2D eigenvalue weighted by Crippen LogP contribution is 2.15. The molecule has 0 amide bonds. The third-order valence-electron chi connectivity index (χ3n) is 2.93. The summed E-state index contributed by atoms with van der Waals surface area (Å²) in [6.45, 7) is 3.58. The third-order valence-corrected chi connectivity index (χ3v) is 2.93. The highest BCUT2D eigenvalue weighted by molar-refractivity contribution is 5.69. The Balaban J connectivity index is 1.89. The molecule has 1 fully saturated rings. The van der Waals surface area contributed by atoms with Crippen molar-refractivity contribution < 1.29 is 14.3 Å². The van der Waals surface area contributed by atoms with Gasteiger partial charge in [0.25, 0.3) is 0 Å². The van der Waals surface area contributed by atoms with Gasteiger partial charge in [-0.3, -0.25) is 4.79 Å². The van der Waals surface area contributed by atoms with Gasteiger partial charge in [0, 0.05) is 6.61 Å². The van der Waals surface area contributed by atoms with Gasteiger partial charge in [0.2, 0.25) is 0 Å². The van der Waals surface area contributed by atoms with E-state index in [2.05, 4.69) is 6.92 Å². The summed E-state index contributed by atoms with van der Waals surface area (Å²) in [4.78, 5) is 11.4. The fourth-order valence-electron chi connectivity index (χ4n) is 1.94. The lowest BCUT2D eigenvalue weighted by Gasteiger charge is -2.09. The van der Waals surface area contributed by atoms with Crippen molar-refractivity contribution in [1.82, 2.24) is 0 Å². The second-order valence-electron chi connectivity index (χ2n) is 4.47. The van der Waals surface area contributed by atoms with Crippen molar-refractivity contribution >= 4 is 5.97 Å². The first-order valence-corrected chi connectivity index (χ1v) is 6.60. The van der Waals surface area contributed by atoms with E-state index >= 15 is 0 Å². The molecule has 1 atom stereocenters. The molecule has 0 bridgehead atoms. The highest BCUT2D eigenvalue weighted by Gasteiger charge is 2.19. The maximum atomic E-state index is 11.4. The highest BCUT2D eigenvalue weighted by atomic mass is 16.5. The molecule has 1 heterocycles. The minimum Gasteiger partial charge on any atom is -0.466 e. The smallest absolute Gasteiger partial charge is 0.308 e. The Kier molecular flexibility index (Phi) is 7.23. The molecule has 0 aliphatic carbocycles. The maximum Gasteiger partial charge on any atom is 0.308 e. The molecule has 0 aromatic carbocycles. The minimum absolute atomic E-state index is 0.0950. The van der Waals surface area contributed by atoms with Crippen LogP contribution < -0.4 is 0 Å². The van der Waals surface area contributed by atoms with Crippen molar-refractivity contribution in [3.8, 4) is 0 Å². The number of rotatable bonds is 8. The monoisotopic (exact) mass is 228 g/mol.